The Labute approximate surface area is 170 Å². The van der Waals surface area contributed by atoms with Gasteiger partial charge in [-0.25, -0.2) is 18.4 Å². The Hall–Kier alpha value is -4.06. The standard InChI is InChI=1S/C18H13N5O6S/c24-22-17(29-16-5-2-1-4-15(16)23(25)26)12-21-13-6-8-14(9-7-13)30(27,28)18-19-10-3-11-20-18/h1-12,17H. The van der Waals surface area contributed by atoms with E-state index in [9.17, 15) is 23.4 Å². The van der Waals surface area contributed by atoms with Crippen LogP contribution in [0.5, 0.6) is 5.75 Å². The predicted octanol–water partition coefficient (Wildman–Crippen LogP) is 3.09. The second-order valence-corrected chi connectivity index (χ2v) is 7.49. The Kier molecular flexibility index (Phi) is 6.17. The van der Waals surface area contributed by atoms with Crippen LogP contribution in [0.4, 0.5) is 11.4 Å². The van der Waals surface area contributed by atoms with Crippen LogP contribution in [0.15, 0.2) is 87.2 Å². The van der Waals surface area contributed by atoms with Crippen molar-refractivity contribution >= 4 is 27.4 Å². The van der Waals surface area contributed by atoms with Gasteiger partial charge >= 0.3 is 5.69 Å². The van der Waals surface area contributed by atoms with E-state index in [-0.39, 0.29) is 21.5 Å². The number of ether oxygens (including phenoxy) is 1. The highest BCUT2D eigenvalue weighted by Gasteiger charge is 2.20. The highest BCUT2D eigenvalue weighted by molar-refractivity contribution is 7.91. The number of nitroso groups, excluding NO2 is 1. The third-order valence-corrected chi connectivity index (χ3v) is 5.28. The summed E-state index contributed by atoms with van der Waals surface area (Å²) in [4.78, 5) is 32.8. The van der Waals surface area contributed by atoms with Crippen molar-refractivity contribution < 1.29 is 18.1 Å². The van der Waals surface area contributed by atoms with E-state index in [1.807, 2.05) is 0 Å². The second kappa shape index (κ2) is 8.96. The maximum atomic E-state index is 12.5. The molecule has 11 nitrogen and oxygen atoms in total. The Morgan fingerprint density at radius 1 is 1.03 bits per heavy atom. The molecule has 3 aromatic rings. The maximum absolute atomic E-state index is 12.5. The fraction of sp³-hybridized carbons (Fsp3) is 0.0556. The molecule has 0 aliphatic heterocycles. The summed E-state index contributed by atoms with van der Waals surface area (Å²) in [5, 5.41) is 13.4. The summed E-state index contributed by atoms with van der Waals surface area (Å²) in [6, 6.07) is 12.4. The van der Waals surface area contributed by atoms with Crippen LogP contribution in [-0.2, 0) is 9.84 Å². The molecular formula is C18H13N5O6S. The number of rotatable bonds is 8. The van der Waals surface area contributed by atoms with E-state index in [0.717, 1.165) is 6.21 Å². The van der Waals surface area contributed by atoms with E-state index in [4.69, 9.17) is 4.74 Å². The number of hydrogen-bond donors (Lipinski definition) is 0. The van der Waals surface area contributed by atoms with Crippen LogP contribution in [0.1, 0.15) is 0 Å². The summed E-state index contributed by atoms with van der Waals surface area (Å²) in [6.45, 7) is 0. The van der Waals surface area contributed by atoms with Crippen molar-refractivity contribution in [2.75, 3.05) is 0 Å². The van der Waals surface area contributed by atoms with Crippen LogP contribution in [0.2, 0.25) is 0 Å². The first kappa shape index (κ1) is 20.7. The zero-order chi connectivity index (χ0) is 21.6. The van der Waals surface area contributed by atoms with Crippen molar-refractivity contribution in [1.82, 2.24) is 9.97 Å². The van der Waals surface area contributed by atoms with Gasteiger partial charge in [-0.3, -0.25) is 15.1 Å². The van der Waals surface area contributed by atoms with Crippen LogP contribution >= 0.6 is 0 Å². The largest absolute Gasteiger partial charge is 0.453 e. The van der Waals surface area contributed by atoms with Gasteiger partial charge in [0.2, 0.25) is 9.84 Å². The fourth-order valence-electron chi connectivity index (χ4n) is 2.31. The van der Waals surface area contributed by atoms with E-state index in [2.05, 4.69) is 20.1 Å². The van der Waals surface area contributed by atoms with Gasteiger partial charge in [-0.2, -0.15) is 0 Å². The Morgan fingerprint density at radius 3 is 2.33 bits per heavy atom. The predicted molar refractivity (Wildman–Crippen MR) is 105 cm³/mol. The van der Waals surface area contributed by atoms with E-state index in [0.29, 0.717) is 5.69 Å². The molecule has 0 spiro atoms. The van der Waals surface area contributed by atoms with Crippen LogP contribution < -0.4 is 4.74 Å². The number of benzene rings is 2. The Morgan fingerprint density at radius 2 is 1.70 bits per heavy atom. The average Bonchev–Trinajstić information content (AvgIpc) is 2.77. The molecule has 0 N–H and O–H groups in total. The van der Waals surface area contributed by atoms with Gasteiger partial charge in [0.25, 0.3) is 11.4 Å². The SMILES string of the molecule is O=NC(C=Nc1ccc(S(=O)(=O)c2ncccn2)cc1)Oc1ccccc1[N+](=O)[O-]. The molecule has 12 heteroatoms. The molecule has 1 atom stereocenters. The van der Waals surface area contributed by atoms with Crippen LogP contribution in [0.3, 0.4) is 0 Å². The molecule has 0 aliphatic rings. The van der Waals surface area contributed by atoms with Gasteiger partial charge in [-0.15, -0.1) is 4.91 Å². The van der Waals surface area contributed by atoms with E-state index >= 15 is 0 Å². The number of nitro groups is 1. The molecular weight excluding hydrogens is 414 g/mol. The molecule has 30 heavy (non-hydrogen) atoms. The number of nitro benzene ring substituents is 1. The topological polar surface area (TPSA) is 154 Å². The number of sulfone groups is 1. The van der Waals surface area contributed by atoms with Crippen molar-refractivity contribution in [1.29, 1.82) is 0 Å². The molecule has 3 rings (SSSR count). The zero-order valence-electron chi connectivity index (χ0n) is 15.1. The lowest BCUT2D eigenvalue weighted by atomic mass is 10.3. The van der Waals surface area contributed by atoms with Crippen molar-refractivity contribution in [3.8, 4) is 5.75 Å². The first-order valence-electron chi connectivity index (χ1n) is 8.31. The normalized spacial score (nSPS) is 12.4. The molecule has 0 bridgehead atoms. The van der Waals surface area contributed by atoms with Gasteiger partial charge in [0.15, 0.2) is 5.75 Å². The maximum Gasteiger partial charge on any atom is 0.311 e. The van der Waals surface area contributed by atoms with E-state index in [1.165, 1.54) is 67.0 Å². The fourth-order valence-corrected chi connectivity index (χ4v) is 3.41. The number of aromatic nitrogens is 2. The summed E-state index contributed by atoms with van der Waals surface area (Å²) < 4.78 is 30.1. The minimum Gasteiger partial charge on any atom is -0.453 e. The summed E-state index contributed by atoms with van der Waals surface area (Å²) in [6.07, 6.45) is 2.27. The van der Waals surface area contributed by atoms with Crippen LogP contribution in [0, 0.1) is 15.0 Å². The van der Waals surface area contributed by atoms with E-state index in [1.54, 1.807) is 0 Å². The number of para-hydroxylation sites is 2. The van der Waals surface area contributed by atoms with Gasteiger partial charge in [0.1, 0.15) is 0 Å². The molecule has 0 fully saturated rings. The molecule has 0 radical (unpaired) electrons. The first-order valence-corrected chi connectivity index (χ1v) is 9.79. The highest BCUT2D eigenvalue weighted by atomic mass is 32.2. The molecule has 0 aliphatic carbocycles. The molecule has 0 saturated heterocycles. The smallest absolute Gasteiger partial charge is 0.311 e. The Bertz CT molecular complexity index is 1180. The van der Waals surface area contributed by atoms with Gasteiger partial charge in [-0.05, 0) is 41.6 Å². The molecule has 1 aromatic heterocycles. The third-order valence-electron chi connectivity index (χ3n) is 3.69. The Balaban J connectivity index is 1.76. The van der Waals surface area contributed by atoms with Crippen LogP contribution in [-0.4, -0.2) is 35.8 Å². The quantitative estimate of drug-likeness (QED) is 0.175. The van der Waals surface area contributed by atoms with Crippen molar-refractivity contribution in [3.05, 3.63) is 82.0 Å². The van der Waals surface area contributed by atoms with Gasteiger partial charge in [0, 0.05) is 18.5 Å². The summed E-state index contributed by atoms with van der Waals surface area (Å²) in [5.41, 5.74) is -0.0139. The van der Waals surface area contributed by atoms with Crippen molar-refractivity contribution in [2.24, 2.45) is 10.2 Å². The second-order valence-electron chi connectivity index (χ2n) is 5.65. The first-order chi connectivity index (χ1) is 14.4. The minimum atomic E-state index is -3.88. The minimum absolute atomic E-state index is 0.0335. The molecule has 2 aromatic carbocycles. The highest BCUT2D eigenvalue weighted by Crippen LogP contribution is 2.27. The van der Waals surface area contributed by atoms with Crippen molar-refractivity contribution in [3.63, 3.8) is 0 Å². The summed E-state index contributed by atoms with van der Waals surface area (Å²) >= 11 is 0. The van der Waals surface area contributed by atoms with Gasteiger partial charge < -0.3 is 4.74 Å². The molecule has 1 heterocycles. The lowest BCUT2D eigenvalue weighted by Gasteiger charge is -2.08. The zero-order valence-corrected chi connectivity index (χ0v) is 15.9. The summed E-state index contributed by atoms with van der Waals surface area (Å²) in [5.74, 6) is -0.136. The number of nitrogens with zero attached hydrogens (tertiary/aromatic N) is 5. The monoisotopic (exact) mass is 427 g/mol. The van der Waals surface area contributed by atoms with Gasteiger partial charge in [0.05, 0.1) is 21.7 Å². The van der Waals surface area contributed by atoms with Crippen molar-refractivity contribution in [2.45, 2.75) is 16.3 Å². The molecule has 0 saturated carbocycles. The van der Waals surface area contributed by atoms with E-state index < -0.39 is 21.0 Å². The third kappa shape index (κ3) is 4.67. The number of hydrogen-bond acceptors (Lipinski definition) is 10. The number of aliphatic imine (C=N–C) groups is 1. The van der Waals surface area contributed by atoms with Gasteiger partial charge in [-0.1, -0.05) is 12.1 Å². The lowest BCUT2D eigenvalue weighted by molar-refractivity contribution is -0.386. The molecule has 0 amide bonds. The average molecular weight is 427 g/mol. The summed E-state index contributed by atoms with van der Waals surface area (Å²) in [7, 11) is -3.88. The molecule has 1 unspecified atom stereocenters. The van der Waals surface area contributed by atoms with Crippen LogP contribution in [0.25, 0.3) is 0 Å². The lowest BCUT2D eigenvalue weighted by Crippen LogP contribution is -2.15. The molecule has 152 valence electrons.